The molecule has 1 rings (SSSR count). The summed E-state index contributed by atoms with van der Waals surface area (Å²) in [6, 6.07) is 6.73. The van der Waals surface area contributed by atoms with Gasteiger partial charge >= 0.3 is 5.97 Å². The molecule has 3 nitrogen and oxygen atoms in total. The topological polar surface area (TPSA) is 38.3 Å². The van der Waals surface area contributed by atoms with Crippen LogP contribution >= 0.6 is 0 Å². The van der Waals surface area contributed by atoms with Gasteiger partial charge in [-0.25, -0.2) is 4.39 Å². The lowest BCUT2D eigenvalue weighted by molar-refractivity contribution is -0.140. The van der Waals surface area contributed by atoms with E-state index in [4.69, 9.17) is 0 Å². The maximum absolute atomic E-state index is 12.9. The molecule has 0 heterocycles. The van der Waals surface area contributed by atoms with Crippen molar-refractivity contribution in [1.29, 1.82) is 0 Å². The fourth-order valence-corrected chi connectivity index (χ4v) is 1.86. The lowest BCUT2D eigenvalue weighted by atomic mass is 10.1. The quantitative estimate of drug-likeness (QED) is 0.552. The standard InChI is InChI=1S/C15H22FNO2/c1-19-15(18)9-2-3-10-17-11-5-7-13-6-4-8-14(16)12-13/h4,6,8,12,17H,2-3,5,7,9-11H2,1H3. The average molecular weight is 267 g/mol. The van der Waals surface area contributed by atoms with Crippen LogP contribution in [-0.2, 0) is 16.0 Å². The van der Waals surface area contributed by atoms with Gasteiger partial charge in [0, 0.05) is 6.42 Å². The lowest BCUT2D eigenvalue weighted by Crippen LogP contribution is -2.17. The first-order chi connectivity index (χ1) is 9.22. The highest BCUT2D eigenvalue weighted by molar-refractivity contribution is 5.68. The molecule has 0 bridgehead atoms. The molecule has 0 aromatic heterocycles. The van der Waals surface area contributed by atoms with Crippen molar-refractivity contribution in [1.82, 2.24) is 5.32 Å². The van der Waals surface area contributed by atoms with E-state index in [1.807, 2.05) is 6.07 Å². The maximum atomic E-state index is 12.9. The van der Waals surface area contributed by atoms with Crippen LogP contribution in [0.2, 0.25) is 0 Å². The van der Waals surface area contributed by atoms with Gasteiger partial charge in [0.05, 0.1) is 7.11 Å². The normalized spacial score (nSPS) is 10.4. The first kappa shape index (κ1) is 15.6. The third-order valence-corrected chi connectivity index (χ3v) is 2.92. The zero-order valence-electron chi connectivity index (χ0n) is 11.5. The Kier molecular flexibility index (Phi) is 7.82. The number of halogens is 1. The molecule has 0 radical (unpaired) electrons. The van der Waals surface area contributed by atoms with Gasteiger partial charge in [-0.3, -0.25) is 4.79 Å². The Hall–Kier alpha value is -1.42. The highest BCUT2D eigenvalue weighted by Gasteiger charge is 1.99. The summed E-state index contributed by atoms with van der Waals surface area (Å²) in [6.07, 6.45) is 4.17. The van der Waals surface area contributed by atoms with Crippen molar-refractivity contribution in [3.63, 3.8) is 0 Å². The number of hydrogen-bond acceptors (Lipinski definition) is 3. The third kappa shape index (κ3) is 7.57. The molecule has 0 aliphatic carbocycles. The molecule has 106 valence electrons. The van der Waals surface area contributed by atoms with Crippen LogP contribution in [-0.4, -0.2) is 26.2 Å². The Morgan fingerprint density at radius 1 is 1.26 bits per heavy atom. The first-order valence-corrected chi connectivity index (χ1v) is 6.74. The fraction of sp³-hybridized carbons (Fsp3) is 0.533. The minimum absolute atomic E-state index is 0.147. The lowest BCUT2D eigenvalue weighted by Gasteiger charge is -2.05. The van der Waals surface area contributed by atoms with E-state index in [1.165, 1.54) is 13.2 Å². The van der Waals surface area contributed by atoms with Gasteiger partial charge < -0.3 is 10.1 Å². The molecule has 0 unspecified atom stereocenters. The predicted octanol–water partition coefficient (Wildman–Crippen LogP) is 2.69. The van der Waals surface area contributed by atoms with E-state index in [2.05, 4.69) is 10.1 Å². The van der Waals surface area contributed by atoms with Crippen LogP contribution in [0.15, 0.2) is 24.3 Å². The molecule has 0 fully saturated rings. The van der Waals surface area contributed by atoms with Crippen molar-refractivity contribution in [2.45, 2.75) is 32.1 Å². The van der Waals surface area contributed by atoms with E-state index >= 15 is 0 Å². The van der Waals surface area contributed by atoms with Crippen LogP contribution in [0, 0.1) is 5.82 Å². The number of ether oxygens (including phenoxy) is 1. The molecule has 0 saturated carbocycles. The molecule has 1 N–H and O–H groups in total. The van der Waals surface area contributed by atoms with Crippen molar-refractivity contribution in [3.8, 4) is 0 Å². The molecule has 0 spiro atoms. The Morgan fingerprint density at radius 2 is 2.05 bits per heavy atom. The second-order valence-electron chi connectivity index (χ2n) is 4.52. The van der Waals surface area contributed by atoms with Gasteiger partial charge in [-0.1, -0.05) is 12.1 Å². The van der Waals surface area contributed by atoms with Gasteiger partial charge in [0.2, 0.25) is 0 Å². The number of unbranched alkanes of at least 4 members (excludes halogenated alkanes) is 1. The SMILES string of the molecule is COC(=O)CCCCNCCCc1cccc(F)c1. The van der Waals surface area contributed by atoms with E-state index in [0.717, 1.165) is 44.3 Å². The molecule has 19 heavy (non-hydrogen) atoms. The third-order valence-electron chi connectivity index (χ3n) is 2.92. The maximum Gasteiger partial charge on any atom is 0.305 e. The Morgan fingerprint density at radius 3 is 2.79 bits per heavy atom. The highest BCUT2D eigenvalue weighted by Crippen LogP contribution is 2.05. The van der Waals surface area contributed by atoms with E-state index < -0.39 is 0 Å². The number of carbonyl (C=O) groups is 1. The van der Waals surface area contributed by atoms with E-state index in [9.17, 15) is 9.18 Å². The van der Waals surface area contributed by atoms with Crippen molar-refractivity contribution in [3.05, 3.63) is 35.6 Å². The molecule has 1 aromatic carbocycles. The molecular weight excluding hydrogens is 245 g/mol. The molecule has 0 atom stereocenters. The molecule has 0 amide bonds. The molecule has 0 aliphatic heterocycles. The monoisotopic (exact) mass is 267 g/mol. The minimum atomic E-state index is -0.173. The van der Waals surface area contributed by atoms with E-state index in [1.54, 1.807) is 12.1 Å². The van der Waals surface area contributed by atoms with Crippen LogP contribution in [0.1, 0.15) is 31.2 Å². The summed E-state index contributed by atoms with van der Waals surface area (Å²) < 4.78 is 17.5. The first-order valence-electron chi connectivity index (χ1n) is 6.74. The van der Waals surface area contributed by atoms with Crippen LogP contribution in [0.5, 0.6) is 0 Å². The number of carbonyl (C=O) groups excluding carboxylic acids is 1. The summed E-state index contributed by atoms with van der Waals surface area (Å²) in [7, 11) is 1.41. The summed E-state index contributed by atoms with van der Waals surface area (Å²) in [5.41, 5.74) is 1.03. The molecule has 4 heteroatoms. The summed E-state index contributed by atoms with van der Waals surface area (Å²) >= 11 is 0. The van der Waals surface area contributed by atoms with Crippen molar-refractivity contribution in [2.75, 3.05) is 20.2 Å². The van der Waals surface area contributed by atoms with Gasteiger partial charge in [0.15, 0.2) is 0 Å². The van der Waals surface area contributed by atoms with Crippen molar-refractivity contribution >= 4 is 5.97 Å². The fourth-order valence-electron chi connectivity index (χ4n) is 1.86. The molecule has 0 saturated heterocycles. The minimum Gasteiger partial charge on any atom is -0.469 e. The zero-order valence-corrected chi connectivity index (χ0v) is 11.5. The number of hydrogen-bond donors (Lipinski definition) is 1. The van der Waals surface area contributed by atoms with Crippen LogP contribution < -0.4 is 5.32 Å². The van der Waals surface area contributed by atoms with Gasteiger partial charge in [-0.05, 0) is 56.5 Å². The van der Waals surface area contributed by atoms with Crippen LogP contribution in [0.3, 0.4) is 0 Å². The Balaban J connectivity index is 1.95. The van der Waals surface area contributed by atoms with Gasteiger partial charge in [-0.2, -0.15) is 0 Å². The van der Waals surface area contributed by atoms with Gasteiger partial charge in [0.1, 0.15) is 5.82 Å². The Bertz CT molecular complexity index is 382. The highest BCUT2D eigenvalue weighted by atomic mass is 19.1. The summed E-state index contributed by atoms with van der Waals surface area (Å²) in [5.74, 6) is -0.320. The predicted molar refractivity (Wildman–Crippen MR) is 73.5 cm³/mol. The van der Waals surface area contributed by atoms with E-state index in [0.29, 0.717) is 6.42 Å². The average Bonchev–Trinajstić information content (AvgIpc) is 2.41. The summed E-state index contributed by atoms with van der Waals surface area (Å²) in [4.78, 5) is 10.9. The smallest absolute Gasteiger partial charge is 0.305 e. The van der Waals surface area contributed by atoms with Gasteiger partial charge in [0.25, 0.3) is 0 Å². The number of esters is 1. The summed E-state index contributed by atoms with van der Waals surface area (Å²) in [6.45, 7) is 1.81. The molecule has 0 aliphatic rings. The van der Waals surface area contributed by atoms with E-state index in [-0.39, 0.29) is 11.8 Å². The number of aryl methyl sites for hydroxylation is 1. The zero-order chi connectivity index (χ0) is 13.9. The van der Waals surface area contributed by atoms with Crippen molar-refractivity contribution in [2.24, 2.45) is 0 Å². The number of rotatable bonds is 9. The van der Waals surface area contributed by atoms with Gasteiger partial charge in [-0.15, -0.1) is 0 Å². The largest absolute Gasteiger partial charge is 0.469 e. The second-order valence-corrected chi connectivity index (χ2v) is 4.52. The molecular formula is C15H22FNO2. The molecule has 1 aromatic rings. The summed E-state index contributed by atoms with van der Waals surface area (Å²) in [5, 5.41) is 3.32. The Labute approximate surface area is 114 Å². The number of methoxy groups -OCH3 is 1. The second kappa shape index (κ2) is 9.50. The number of nitrogens with one attached hydrogen (secondary N) is 1. The van der Waals surface area contributed by atoms with Crippen LogP contribution in [0.4, 0.5) is 4.39 Å². The number of benzene rings is 1. The van der Waals surface area contributed by atoms with Crippen LogP contribution in [0.25, 0.3) is 0 Å². The van der Waals surface area contributed by atoms with Crippen molar-refractivity contribution < 1.29 is 13.9 Å².